The molecule has 34 heavy (non-hydrogen) atoms. The maximum atomic E-state index is 12.7. The van der Waals surface area contributed by atoms with Crippen molar-refractivity contribution in [3.63, 3.8) is 0 Å². The Labute approximate surface area is 208 Å². The second kappa shape index (κ2) is 10.2. The molecule has 0 bridgehead atoms. The van der Waals surface area contributed by atoms with Crippen LogP contribution in [0.15, 0.2) is 76.1 Å². The zero-order valence-electron chi connectivity index (χ0n) is 18.7. The van der Waals surface area contributed by atoms with Crippen molar-refractivity contribution < 1.29 is 21.6 Å². The summed E-state index contributed by atoms with van der Waals surface area (Å²) in [5.74, 6) is -0.575. The van der Waals surface area contributed by atoms with E-state index in [0.29, 0.717) is 21.5 Å². The smallest absolute Gasteiger partial charge is 0.261 e. The third-order valence-corrected chi connectivity index (χ3v) is 7.87. The maximum absolute atomic E-state index is 12.7. The normalized spacial score (nSPS) is 11.6. The Balaban J connectivity index is 1.72. The first-order chi connectivity index (χ1) is 15.8. The number of nitrogens with zero attached hydrogens (tertiary/aromatic N) is 1. The summed E-state index contributed by atoms with van der Waals surface area (Å²) in [6.07, 6.45) is 1.02. The predicted octanol–water partition coefficient (Wildman–Crippen LogP) is 4.27. The van der Waals surface area contributed by atoms with Gasteiger partial charge in [0.15, 0.2) is 0 Å². The number of sulfonamides is 2. The molecule has 3 rings (SSSR count). The molecule has 8 nitrogen and oxygen atoms in total. The lowest BCUT2D eigenvalue weighted by molar-refractivity contribution is -0.114. The van der Waals surface area contributed by atoms with E-state index >= 15 is 0 Å². The number of carbonyl (C=O) groups excluding carboxylic acids is 1. The number of hydrogen-bond donors (Lipinski definition) is 2. The van der Waals surface area contributed by atoms with Gasteiger partial charge in [0.1, 0.15) is 6.54 Å². The highest BCUT2D eigenvalue weighted by Crippen LogP contribution is 2.23. The van der Waals surface area contributed by atoms with Crippen LogP contribution in [0, 0.1) is 13.8 Å². The quantitative estimate of drug-likeness (QED) is 0.423. The van der Waals surface area contributed by atoms with Crippen LogP contribution in [0.2, 0.25) is 0 Å². The lowest BCUT2D eigenvalue weighted by Crippen LogP contribution is -2.37. The Hall–Kier alpha value is -2.89. The molecule has 3 aromatic carbocycles. The van der Waals surface area contributed by atoms with E-state index in [1.807, 2.05) is 26.0 Å². The van der Waals surface area contributed by atoms with Gasteiger partial charge in [-0.2, -0.15) is 0 Å². The van der Waals surface area contributed by atoms with Crippen LogP contribution in [0.1, 0.15) is 11.1 Å². The number of benzene rings is 3. The van der Waals surface area contributed by atoms with Gasteiger partial charge in [0.05, 0.1) is 22.5 Å². The first-order valence-electron chi connectivity index (χ1n) is 10.1. The molecule has 0 fully saturated rings. The standard InChI is InChI=1S/C23H24BrN3O5S2/c1-16-7-12-22(17(2)13-16)26-34(31,32)21-10-8-19(9-11-21)25-23(28)15-27(33(3,29)30)20-6-4-5-18(24)14-20/h4-14,26H,15H2,1-3H3,(H,25,28). The molecule has 0 heterocycles. The highest BCUT2D eigenvalue weighted by molar-refractivity contribution is 9.10. The molecule has 0 aliphatic rings. The fourth-order valence-electron chi connectivity index (χ4n) is 3.21. The van der Waals surface area contributed by atoms with Crippen molar-refractivity contribution in [3.8, 4) is 0 Å². The van der Waals surface area contributed by atoms with Crippen LogP contribution in [0.4, 0.5) is 17.1 Å². The van der Waals surface area contributed by atoms with Gasteiger partial charge in [-0.1, -0.05) is 39.7 Å². The first-order valence-corrected chi connectivity index (χ1v) is 14.2. The van der Waals surface area contributed by atoms with E-state index in [1.165, 1.54) is 24.3 Å². The van der Waals surface area contributed by atoms with E-state index < -0.39 is 32.5 Å². The summed E-state index contributed by atoms with van der Waals surface area (Å²) in [7, 11) is -7.55. The van der Waals surface area contributed by atoms with Gasteiger partial charge in [-0.25, -0.2) is 16.8 Å². The number of halogens is 1. The van der Waals surface area contributed by atoms with Crippen LogP contribution < -0.4 is 14.3 Å². The minimum Gasteiger partial charge on any atom is -0.325 e. The van der Waals surface area contributed by atoms with Gasteiger partial charge in [0.25, 0.3) is 10.0 Å². The van der Waals surface area contributed by atoms with Crippen LogP contribution in [-0.4, -0.2) is 35.5 Å². The summed E-state index contributed by atoms with van der Waals surface area (Å²) >= 11 is 3.29. The number of anilines is 3. The van der Waals surface area contributed by atoms with Crippen LogP contribution in [0.5, 0.6) is 0 Å². The summed E-state index contributed by atoms with van der Waals surface area (Å²) in [6, 6.07) is 17.6. The molecule has 0 aliphatic heterocycles. The first kappa shape index (κ1) is 25.7. The summed E-state index contributed by atoms with van der Waals surface area (Å²) in [5, 5.41) is 2.60. The van der Waals surface area contributed by atoms with E-state index in [1.54, 1.807) is 30.3 Å². The van der Waals surface area contributed by atoms with Crippen molar-refractivity contribution in [2.24, 2.45) is 0 Å². The SMILES string of the molecule is Cc1ccc(NS(=O)(=O)c2ccc(NC(=O)CN(c3cccc(Br)c3)S(C)(=O)=O)cc2)c(C)c1. The molecular formula is C23H24BrN3O5S2. The second-order valence-corrected chi connectivity index (χ2v) is 12.3. The summed E-state index contributed by atoms with van der Waals surface area (Å²) in [5.41, 5.74) is 2.98. The lowest BCUT2D eigenvalue weighted by atomic mass is 10.1. The zero-order valence-corrected chi connectivity index (χ0v) is 22.0. The molecule has 11 heteroatoms. The van der Waals surface area contributed by atoms with E-state index in [-0.39, 0.29) is 4.90 Å². The molecule has 0 radical (unpaired) electrons. The molecule has 2 N–H and O–H groups in total. The minimum atomic E-state index is -3.83. The van der Waals surface area contributed by atoms with Crippen LogP contribution >= 0.6 is 15.9 Å². The third-order valence-electron chi connectivity index (χ3n) is 4.86. The van der Waals surface area contributed by atoms with E-state index in [9.17, 15) is 21.6 Å². The van der Waals surface area contributed by atoms with Gasteiger partial charge >= 0.3 is 0 Å². The average molecular weight is 566 g/mol. The molecule has 0 unspecified atom stereocenters. The minimum absolute atomic E-state index is 0.0253. The average Bonchev–Trinajstić information content (AvgIpc) is 2.73. The van der Waals surface area contributed by atoms with E-state index in [2.05, 4.69) is 26.0 Å². The highest BCUT2D eigenvalue weighted by atomic mass is 79.9. The second-order valence-electron chi connectivity index (χ2n) is 7.75. The number of aryl methyl sites for hydroxylation is 2. The number of amides is 1. The van der Waals surface area contributed by atoms with Crippen LogP contribution in [0.3, 0.4) is 0 Å². The lowest BCUT2D eigenvalue weighted by Gasteiger charge is -2.22. The molecule has 0 aliphatic carbocycles. The Morgan fingerprint density at radius 2 is 1.62 bits per heavy atom. The molecule has 0 aromatic heterocycles. The molecule has 3 aromatic rings. The molecule has 180 valence electrons. The summed E-state index contributed by atoms with van der Waals surface area (Å²) in [6.45, 7) is 3.30. The van der Waals surface area contributed by atoms with Gasteiger partial charge in [0.2, 0.25) is 15.9 Å². The van der Waals surface area contributed by atoms with Gasteiger partial charge in [-0.3, -0.25) is 13.8 Å². The summed E-state index contributed by atoms with van der Waals surface area (Å²) in [4.78, 5) is 12.6. The Bertz CT molecular complexity index is 1420. The molecule has 1 amide bonds. The van der Waals surface area contributed by atoms with Crippen LogP contribution in [0.25, 0.3) is 0 Å². The van der Waals surface area contributed by atoms with E-state index in [0.717, 1.165) is 21.7 Å². The molecule has 0 spiro atoms. The van der Waals surface area contributed by atoms with Crippen molar-refractivity contribution in [2.75, 3.05) is 27.1 Å². The predicted molar refractivity (Wildman–Crippen MR) is 138 cm³/mol. The number of rotatable bonds is 8. The number of carbonyl (C=O) groups is 1. The zero-order chi connectivity index (χ0) is 25.1. The van der Waals surface area contributed by atoms with Gasteiger partial charge < -0.3 is 5.32 Å². The molecule has 0 saturated heterocycles. The maximum Gasteiger partial charge on any atom is 0.261 e. The van der Waals surface area contributed by atoms with Crippen molar-refractivity contribution in [1.29, 1.82) is 0 Å². The van der Waals surface area contributed by atoms with Crippen molar-refractivity contribution in [3.05, 3.63) is 82.3 Å². The Kier molecular flexibility index (Phi) is 7.69. The topological polar surface area (TPSA) is 113 Å². The third kappa shape index (κ3) is 6.58. The fraction of sp³-hybridized carbons (Fsp3) is 0.174. The molecular weight excluding hydrogens is 542 g/mol. The highest BCUT2D eigenvalue weighted by Gasteiger charge is 2.21. The van der Waals surface area contributed by atoms with Gasteiger partial charge in [-0.05, 0) is 67.9 Å². The van der Waals surface area contributed by atoms with Crippen molar-refractivity contribution in [1.82, 2.24) is 0 Å². The fourth-order valence-corrected chi connectivity index (χ4v) is 5.58. The van der Waals surface area contributed by atoms with Gasteiger partial charge in [-0.15, -0.1) is 0 Å². The Morgan fingerprint density at radius 3 is 2.21 bits per heavy atom. The number of nitrogens with one attached hydrogen (secondary N) is 2. The van der Waals surface area contributed by atoms with Crippen molar-refractivity contribution >= 4 is 58.9 Å². The summed E-state index contributed by atoms with van der Waals surface area (Å²) < 4.78 is 54.2. The van der Waals surface area contributed by atoms with Crippen molar-refractivity contribution in [2.45, 2.75) is 18.7 Å². The number of hydrogen-bond acceptors (Lipinski definition) is 5. The van der Waals surface area contributed by atoms with Gasteiger partial charge in [0, 0.05) is 10.2 Å². The largest absolute Gasteiger partial charge is 0.325 e. The Morgan fingerprint density at radius 1 is 0.941 bits per heavy atom. The molecule has 0 saturated carbocycles. The molecule has 0 atom stereocenters. The van der Waals surface area contributed by atoms with Crippen LogP contribution in [-0.2, 0) is 24.8 Å². The monoisotopic (exact) mass is 565 g/mol. The van der Waals surface area contributed by atoms with E-state index in [4.69, 9.17) is 0 Å².